The molecular formula is C15H17NO4S. The summed E-state index contributed by atoms with van der Waals surface area (Å²) in [5.74, 6) is 1.53. The lowest BCUT2D eigenvalue weighted by Gasteiger charge is -2.13. The lowest BCUT2D eigenvalue weighted by atomic mass is 10.2. The predicted molar refractivity (Wildman–Crippen MR) is 77.8 cm³/mol. The Labute approximate surface area is 124 Å². The van der Waals surface area contributed by atoms with Gasteiger partial charge in [-0.05, 0) is 42.8 Å². The maximum Gasteiger partial charge on any atom is 0.240 e. The van der Waals surface area contributed by atoms with Gasteiger partial charge >= 0.3 is 0 Å². The van der Waals surface area contributed by atoms with Crippen LogP contribution in [0.5, 0.6) is 5.75 Å². The van der Waals surface area contributed by atoms with Crippen LogP contribution in [0.15, 0.2) is 45.9 Å². The summed E-state index contributed by atoms with van der Waals surface area (Å²) in [6.45, 7) is 2.43. The normalized spacial score (nSPS) is 15.5. The first-order chi connectivity index (χ1) is 10.0. The van der Waals surface area contributed by atoms with Crippen molar-refractivity contribution in [2.45, 2.75) is 30.7 Å². The number of fused-ring (bicyclic) bond motifs is 1. The van der Waals surface area contributed by atoms with Gasteiger partial charge in [0.1, 0.15) is 11.5 Å². The predicted octanol–water partition coefficient (Wildman–Crippen LogP) is 2.12. The van der Waals surface area contributed by atoms with Crippen molar-refractivity contribution >= 4 is 10.0 Å². The van der Waals surface area contributed by atoms with E-state index in [1.807, 2.05) is 13.0 Å². The van der Waals surface area contributed by atoms with Crippen molar-refractivity contribution in [2.24, 2.45) is 0 Å². The summed E-state index contributed by atoms with van der Waals surface area (Å²) in [6, 6.07) is 8.35. The Balaban J connectivity index is 1.74. The van der Waals surface area contributed by atoms with Crippen molar-refractivity contribution < 1.29 is 17.6 Å². The molecule has 0 spiro atoms. The van der Waals surface area contributed by atoms with E-state index in [4.69, 9.17) is 9.15 Å². The molecule has 0 aliphatic carbocycles. The van der Waals surface area contributed by atoms with Crippen molar-refractivity contribution in [3.05, 3.63) is 47.9 Å². The van der Waals surface area contributed by atoms with Crippen LogP contribution in [-0.4, -0.2) is 21.1 Å². The summed E-state index contributed by atoms with van der Waals surface area (Å²) < 4.78 is 38.1. The van der Waals surface area contributed by atoms with Crippen molar-refractivity contribution in [1.29, 1.82) is 0 Å². The van der Waals surface area contributed by atoms with E-state index in [-0.39, 0.29) is 10.9 Å². The summed E-state index contributed by atoms with van der Waals surface area (Å²) >= 11 is 0. The Hall–Kier alpha value is -1.79. The van der Waals surface area contributed by atoms with Crippen LogP contribution < -0.4 is 9.46 Å². The highest BCUT2D eigenvalue weighted by Gasteiger charge is 2.21. The van der Waals surface area contributed by atoms with Gasteiger partial charge < -0.3 is 9.15 Å². The molecule has 6 heteroatoms. The molecule has 0 saturated heterocycles. The van der Waals surface area contributed by atoms with Crippen molar-refractivity contribution in [1.82, 2.24) is 4.72 Å². The summed E-state index contributed by atoms with van der Waals surface area (Å²) in [7, 11) is -3.53. The van der Waals surface area contributed by atoms with E-state index in [1.54, 1.807) is 30.5 Å². The summed E-state index contributed by atoms with van der Waals surface area (Å²) in [4.78, 5) is 0.276. The van der Waals surface area contributed by atoms with Gasteiger partial charge in [0.05, 0.1) is 17.8 Å². The smallest absolute Gasteiger partial charge is 0.240 e. The fourth-order valence-electron chi connectivity index (χ4n) is 2.44. The average molecular weight is 307 g/mol. The number of nitrogens with one attached hydrogen (secondary N) is 1. The highest BCUT2D eigenvalue weighted by Crippen LogP contribution is 2.27. The van der Waals surface area contributed by atoms with E-state index >= 15 is 0 Å². The molecule has 2 aromatic rings. The lowest BCUT2D eigenvalue weighted by molar-refractivity contribution is 0.356. The molecule has 0 amide bonds. The second-order valence-corrected chi connectivity index (χ2v) is 6.89. The molecule has 1 N–H and O–H groups in total. The van der Waals surface area contributed by atoms with E-state index in [1.165, 1.54) is 0 Å². The number of ether oxygens (including phenoxy) is 1. The molecule has 112 valence electrons. The van der Waals surface area contributed by atoms with Gasteiger partial charge in [-0.1, -0.05) is 0 Å². The topological polar surface area (TPSA) is 68.5 Å². The Morgan fingerprint density at radius 2 is 2.19 bits per heavy atom. The second kappa shape index (κ2) is 5.54. The highest BCUT2D eigenvalue weighted by atomic mass is 32.2. The van der Waals surface area contributed by atoms with Crippen LogP contribution in [0.4, 0.5) is 0 Å². The molecule has 1 aliphatic rings. The van der Waals surface area contributed by atoms with Crippen LogP contribution in [0.3, 0.4) is 0 Å². The van der Waals surface area contributed by atoms with Gasteiger partial charge in [-0.2, -0.15) is 0 Å². The molecule has 0 bridgehead atoms. The Morgan fingerprint density at radius 3 is 2.95 bits per heavy atom. The zero-order valence-corrected chi connectivity index (χ0v) is 12.5. The summed E-state index contributed by atoms with van der Waals surface area (Å²) in [6.07, 6.45) is 2.85. The lowest BCUT2D eigenvalue weighted by Crippen LogP contribution is -2.34. The van der Waals surface area contributed by atoms with Crippen LogP contribution in [-0.2, 0) is 22.9 Å². The SMILES string of the molecule is C[C@H](Cc1ccco1)NS(=O)(=O)c1ccc2c(c1)CCO2. The summed E-state index contributed by atoms with van der Waals surface area (Å²) in [5, 5.41) is 0. The molecule has 0 saturated carbocycles. The first-order valence-electron chi connectivity index (χ1n) is 6.85. The molecule has 3 rings (SSSR count). The van der Waals surface area contributed by atoms with E-state index < -0.39 is 10.0 Å². The fraction of sp³-hybridized carbons (Fsp3) is 0.333. The van der Waals surface area contributed by atoms with Crippen molar-refractivity contribution in [2.75, 3.05) is 6.61 Å². The number of hydrogen-bond donors (Lipinski definition) is 1. The van der Waals surface area contributed by atoms with Crippen LogP contribution in [0, 0.1) is 0 Å². The Bertz CT molecular complexity index is 722. The van der Waals surface area contributed by atoms with Crippen LogP contribution in [0.25, 0.3) is 0 Å². The number of furan rings is 1. The fourth-order valence-corrected chi connectivity index (χ4v) is 3.73. The van der Waals surface area contributed by atoms with Gasteiger partial charge in [0, 0.05) is 18.9 Å². The van der Waals surface area contributed by atoms with Crippen molar-refractivity contribution in [3.63, 3.8) is 0 Å². The quantitative estimate of drug-likeness (QED) is 0.918. The minimum absolute atomic E-state index is 0.245. The Morgan fingerprint density at radius 1 is 1.33 bits per heavy atom. The molecule has 21 heavy (non-hydrogen) atoms. The first kappa shape index (κ1) is 14.2. The number of hydrogen-bond acceptors (Lipinski definition) is 4. The van der Waals surface area contributed by atoms with Gasteiger partial charge in [0.25, 0.3) is 0 Å². The standard InChI is InChI=1S/C15H17NO4S/c1-11(9-13-3-2-7-19-13)16-21(17,18)14-4-5-15-12(10-14)6-8-20-15/h2-5,7,10-11,16H,6,8-9H2,1H3/t11-/m1/s1. The third kappa shape index (κ3) is 3.11. The molecule has 5 nitrogen and oxygen atoms in total. The number of sulfonamides is 1. The third-order valence-corrected chi connectivity index (χ3v) is 5.00. The van der Waals surface area contributed by atoms with Gasteiger partial charge in [-0.3, -0.25) is 0 Å². The average Bonchev–Trinajstić information content (AvgIpc) is 3.07. The van der Waals surface area contributed by atoms with Crippen molar-refractivity contribution in [3.8, 4) is 5.75 Å². The van der Waals surface area contributed by atoms with Gasteiger partial charge in [-0.15, -0.1) is 0 Å². The maximum atomic E-state index is 12.4. The van der Waals surface area contributed by atoms with Crippen LogP contribution in [0.2, 0.25) is 0 Å². The molecule has 0 radical (unpaired) electrons. The largest absolute Gasteiger partial charge is 0.493 e. The summed E-state index contributed by atoms with van der Waals surface area (Å²) in [5.41, 5.74) is 0.941. The molecular weight excluding hydrogens is 290 g/mol. The molecule has 1 aromatic carbocycles. The maximum absolute atomic E-state index is 12.4. The van der Waals surface area contributed by atoms with E-state index in [0.717, 1.165) is 23.5 Å². The number of rotatable bonds is 5. The zero-order valence-electron chi connectivity index (χ0n) is 11.7. The van der Waals surface area contributed by atoms with E-state index in [2.05, 4.69) is 4.72 Å². The minimum Gasteiger partial charge on any atom is -0.493 e. The first-order valence-corrected chi connectivity index (χ1v) is 8.33. The second-order valence-electron chi connectivity index (χ2n) is 5.17. The van der Waals surface area contributed by atoms with Gasteiger partial charge in [-0.25, -0.2) is 13.1 Å². The van der Waals surface area contributed by atoms with E-state index in [9.17, 15) is 8.42 Å². The minimum atomic E-state index is -3.53. The van der Waals surface area contributed by atoms with Crippen LogP contribution >= 0.6 is 0 Å². The zero-order chi connectivity index (χ0) is 14.9. The monoisotopic (exact) mass is 307 g/mol. The molecule has 1 aromatic heterocycles. The Kier molecular flexibility index (Phi) is 3.73. The third-order valence-electron chi connectivity index (χ3n) is 3.42. The van der Waals surface area contributed by atoms with Crippen LogP contribution in [0.1, 0.15) is 18.2 Å². The van der Waals surface area contributed by atoms with Gasteiger partial charge in [0.2, 0.25) is 10.0 Å². The molecule has 1 aliphatic heterocycles. The molecule has 1 atom stereocenters. The van der Waals surface area contributed by atoms with Gasteiger partial charge in [0.15, 0.2) is 0 Å². The molecule has 0 fully saturated rings. The highest BCUT2D eigenvalue weighted by molar-refractivity contribution is 7.89. The molecule has 0 unspecified atom stereocenters. The van der Waals surface area contributed by atoms with E-state index in [0.29, 0.717) is 13.0 Å². The number of benzene rings is 1. The molecule has 2 heterocycles.